The van der Waals surface area contributed by atoms with Crippen LogP contribution in [-0.4, -0.2) is 12.8 Å². The summed E-state index contributed by atoms with van der Waals surface area (Å²) >= 11 is 0. The molecule has 0 fully saturated rings. The zero-order chi connectivity index (χ0) is 10.6. The summed E-state index contributed by atoms with van der Waals surface area (Å²) in [6.07, 6.45) is 0.0240. The summed E-state index contributed by atoms with van der Waals surface area (Å²) in [6, 6.07) is 9.49. The van der Waals surface area contributed by atoms with Crippen LogP contribution >= 0.6 is 0 Å². The average molecular weight is 196 g/mol. The maximum atomic E-state index is 13.0. The average Bonchev–Trinajstić information content (AvgIpc) is 2.18. The van der Waals surface area contributed by atoms with E-state index < -0.39 is 12.3 Å². The predicted molar refractivity (Wildman–Crippen MR) is 56.0 cm³/mol. The van der Waals surface area contributed by atoms with E-state index in [-0.39, 0.29) is 6.10 Å². The van der Waals surface area contributed by atoms with Gasteiger partial charge in [0.1, 0.15) is 12.3 Å². The fourth-order valence-corrected chi connectivity index (χ4v) is 1.49. The molecule has 1 atom stereocenters. The molecule has 78 valence electrons. The second kappa shape index (κ2) is 4.56. The molecule has 0 N–H and O–H groups in total. The molecule has 0 amide bonds. The van der Waals surface area contributed by atoms with E-state index >= 15 is 0 Å². The van der Waals surface area contributed by atoms with Gasteiger partial charge in [-0.15, -0.1) is 0 Å². The van der Waals surface area contributed by atoms with Crippen molar-refractivity contribution in [3.63, 3.8) is 0 Å². The third kappa shape index (κ3) is 2.55. The van der Waals surface area contributed by atoms with Crippen LogP contribution in [0.3, 0.4) is 0 Å². The Morgan fingerprint density at radius 2 is 1.86 bits per heavy atom. The van der Waals surface area contributed by atoms with Crippen molar-refractivity contribution < 1.29 is 9.13 Å². The van der Waals surface area contributed by atoms with Gasteiger partial charge < -0.3 is 4.74 Å². The number of benzene rings is 1. The van der Waals surface area contributed by atoms with Crippen LogP contribution in [0.2, 0.25) is 0 Å². The maximum absolute atomic E-state index is 13.0. The first kappa shape index (κ1) is 11.2. The standard InChI is InChI=1S/C12H17FO/c1-10(2)14-12(3,9-13)11-7-5-4-6-8-11/h4-8,10H,9H2,1-3H3. The van der Waals surface area contributed by atoms with Crippen LogP contribution in [0.15, 0.2) is 30.3 Å². The minimum Gasteiger partial charge on any atom is -0.365 e. The summed E-state index contributed by atoms with van der Waals surface area (Å²) in [7, 11) is 0. The zero-order valence-corrected chi connectivity index (χ0v) is 8.96. The molecule has 0 saturated carbocycles. The number of rotatable bonds is 4. The molecule has 0 bridgehead atoms. The van der Waals surface area contributed by atoms with E-state index in [1.54, 1.807) is 6.92 Å². The minimum absolute atomic E-state index is 0.0240. The highest BCUT2D eigenvalue weighted by atomic mass is 19.1. The Balaban J connectivity index is 2.90. The highest BCUT2D eigenvalue weighted by Gasteiger charge is 2.28. The third-order valence-electron chi connectivity index (χ3n) is 2.14. The monoisotopic (exact) mass is 196 g/mol. The summed E-state index contributed by atoms with van der Waals surface area (Å²) in [6.45, 7) is 5.10. The summed E-state index contributed by atoms with van der Waals surface area (Å²) in [5, 5.41) is 0. The molecule has 0 aliphatic heterocycles. The highest BCUT2D eigenvalue weighted by molar-refractivity contribution is 5.21. The van der Waals surface area contributed by atoms with E-state index in [4.69, 9.17) is 4.74 Å². The van der Waals surface area contributed by atoms with Crippen molar-refractivity contribution in [2.24, 2.45) is 0 Å². The first-order valence-corrected chi connectivity index (χ1v) is 4.88. The molecule has 0 spiro atoms. The van der Waals surface area contributed by atoms with E-state index in [9.17, 15) is 4.39 Å². The maximum Gasteiger partial charge on any atom is 0.122 e. The van der Waals surface area contributed by atoms with Crippen LogP contribution < -0.4 is 0 Å². The lowest BCUT2D eigenvalue weighted by atomic mass is 9.97. The van der Waals surface area contributed by atoms with Crippen LogP contribution in [0.5, 0.6) is 0 Å². The van der Waals surface area contributed by atoms with Gasteiger partial charge in [-0.1, -0.05) is 30.3 Å². The lowest BCUT2D eigenvalue weighted by Crippen LogP contribution is -2.31. The summed E-state index contributed by atoms with van der Waals surface area (Å²) < 4.78 is 18.6. The van der Waals surface area contributed by atoms with Crippen LogP contribution in [-0.2, 0) is 10.3 Å². The molecule has 1 aromatic rings. The van der Waals surface area contributed by atoms with Gasteiger partial charge in [-0.2, -0.15) is 0 Å². The van der Waals surface area contributed by atoms with E-state index in [1.807, 2.05) is 44.2 Å². The molecule has 0 aromatic heterocycles. The highest BCUT2D eigenvalue weighted by Crippen LogP contribution is 2.27. The second-order valence-corrected chi connectivity index (χ2v) is 3.90. The van der Waals surface area contributed by atoms with Gasteiger partial charge in [-0.25, -0.2) is 4.39 Å². The van der Waals surface area contributed by atoms with Crippen molar-refractivity contribution in [3.05, 3.63) is 35.9 Å². The van der Waals surface area contributed by atoms with Crippen molar-refractivity contribution in [2.75, 3.05) is 6.67 Å². The van der Waals surface area contributed by atoms with E-state index in [0.29, 0.717) is 0 Å². The normalized spacial score (nSPS) is 15.5. The molecule has 1 aromatic carbocycles. The molecular formula is C12H17FO. The van der Waals surface area contributed by atoms with Gasteiger partial charge in [0, 0.05) is 0 Å². The molecular weight excluding hydrogens is 179 g/mol. The Labute approximate surface area is 84.9 Å². The van der Waals surface area contributed by atoms with Gasteiger partial charge in [0.2, 0.25) is 0 Å². The Morgan fingerprint density at radius 3 is 2.29 bits per heavy atom. The van der Waals surface area contributed by atoms with Gasteiger partial charge in [0.25, 0.3) is 0 Å². The van der Waals surface area contributed by atoms with Crippen LogP contribution in [0, 0.1) is 0 Å². The van der Waals surface area contributed by atoms with Crippen molar-refractivity contribution in [3.8, 4) is 0 Å². The van der Waals surface area contributed by atoms with Crippen molar-refractivity contribution in [2.45, 2.75) is 32.5 Å². The van der Waals surface area contributed by atoms with Crippen molar-refractivity contribution >= 4 is 0 Å². The zero-order valence-electron chi connectivity index (χ0n) is 8.96. The molecule has 0 aliphatic rings. The topological polar surface area (TPSA) is 9.23 Å². The van der Waals surface area contributed by atoms with Gasteiger partial charge in [-0.05, 0) is 26.3 Å². The van der Waals surface area contributed by atoms with Crippen molar-refractivity contribution in [1.29, 1.82) is 0 Å². The fourth-order valence-electron chi connectivity index (χ4n) is 1.49. The number of alkyl halides is 1. The smallest absolute Gasteiger partial charge is 0.122 e. The molecule has 1 unspecified atom stereocenters. The van der Waals surface area contributed by atoms with E-state index in [0.717, 1.165) is 5.56 Å². The van der Waals surface area contributed by atoms with Crippen molar-refractivity contribution in [1.82, 2.24) is 0 Å². The lowest BCUT2D eigenvalue weighted by Gasteiger charge is -2.29. The minimum atomic E-state index is -0.810. The molecule has 14 heavy (non-hydrogen) atoms. The largest absolute Gasteiger partial charge is 0.365 e. The second-order valence-electron chi connectivity index (χ2n) is 3.90. The fraction of sp³-hybridized carbons (Fsp3) is 0.500. The molecule has 2 heteroatoms. The molecule has 0 aliphatic carbocycles. The first-order valence-electron chi connectivity index (χ1n) is 4.88. The van der Waals surface area contributed by atoms with Gasteiger partial charge in [0.05, 0.1) is 6.10 Å². The quantitative estimate of drug-likeness (QED) is 0.718. The molecule has 0 heterocycles. The Morgan fingerprint density at radius 1 is 1.29 bits per heavy atom. The molecule has 0 radical (unpaired) electrons. The number of ether oxygens (including phenoxy) is 1. The van der Waals surface area contributed by atoms with Crippen LogP contribution in [0.25, 0.3) is 0 Å². The van der Waals surface area contributed by atoms with Gasteiger partial charge in [-0.3, -0.25) is 0 Å². The van der Waals surface area contributed by atoms with Crippen LogP contribution in [0.4, 0.5) is 4.39 Å². The predicted octanol–water partition coefficient (Wildman–Crippen LogP) is 3.30. The molecule has 1 rings (SSSR count). The Bertz CT molecular complexity index is 271. The van der Waals surface area contributed by atoms with Gasteiger partial charge in [0.15, 0.2) is 0 Å². The summed E-state index contributed by atoms with van der Waals surface area (Å²) in [5.41, 5.74) is 0.0753. The summed E-state index contributed by atoms with van der Waals surface area (Å²) in [4.78, 5) is 0. The Kier molecular flexibility index (Phi) is 3.64. The molecule has 1 nitrogen and oxygen atoms in total. The number of hydrogen-bond donors (Lipinski definition) is 0. The number of hydrogen-bond acceptors (Lipinski definition) is 1. The van der Waals surface area contributed by atoms with Gasteiger partial charge >= 0.3 is 0 Å². The first-order chi connectivity index (χ1) is 6.58. The van der Waals surface area contributed by atoms with Crippen LogP contribution in [0.1, 0.15) is 26.3 Å². The lowest BCUT2D eigenvalue weighted by molar-refractivity contribution is -0.0859. The van der Waals surface area contributed by atoms with E-state index in [1.165, 1.54) is 0 Å². The molecule has 0 saturated heterocycles. The third-order valence-corrected chi connectivity index (χ3v) is 2.14. The number of halogens is 1. The SMILES string of the molecule is CC(C)OC(C)(CF)c1ccccc1. The van der Waals surface area contributed by atoms with E-state index in [2.05, 4.69) is 0 Å². The Hall–Kier alpha value is -0.890. The summed E-state index contributed by atoms with van der Waals surface area (Å²) in [5.74, 6) is 0.